The van der Waals surface area contributed by atoms with Crippen LogP contribution in [0.4, 0.5) is 14.5 Å². The number of hydrogen-bond acceptors (Lipinski definition) is 5. The van der Waals surface area contributed by atoms with Crippen LogP contribution in [0.5, 0.6) is 0 Å². The third-order valence-corrected chi connectivity index (χ3v) is 9.39. The SMILES string of the molecule is C=CC(=C\N=C(\OCCCCCC)C(C)CC)/C(=C(F)/C=c1/nc(C)c(C(C)CC)c(N[C@H](C)c2cc(C#N)ccc2F)c1=C)C(C)CC. The molecule has 0 aliphatic carbocycles. The molecule has 2 rings (SSSR count). The zero-order chi connectivity index (χ0) is 36.7. The number of anilines is 1. The molecule has 2 aromatic rings. The number of unbranched alkanes of at least 4 members (excludes halogenated alkanes) is 3. The van der Waals surface area contributed by atoms with Crippen LogP contribution < -0.4 is 15.9 Å². The van der Waals surface area contributed by atoms with Crippen molar-refractivity contribution >= 4 is 24.2 Å². The largest absolute Gasteiger partial charge is 0.481 e. The summed E-state index contributed by atoms with van der Waals surface area (Å²) in [6, 6.07) is 5.91. The molecule has 1 heterocycles. The number of nitrogens with zero attached hydrogens (tertiary/aromatic N) is 3. The van der Waals surface area contributed by atoms with Gasteiger partial charge in [-0.15, -0.1) is 0 Å². The third-order valence-electron chi connectivity index (χ3n) is 9.39. The monoisotopic (exact) mass is 672 g/mol. The maximum atomic E-state index is 16.6. The Balaban J connectivity index is 2.77. The number of pyridine rings is 1. The Labute approximate surface area is 294 Å². The molecule has 0 saturated heterocycles. The summed E-state index contributed by atoms with van der Waals surface area (Å²) in [5.41, 5.74) is 4.18. The fourth-order valence-electron chi connectivity index (χ4n) is 5.72. The molecule has 5 nitrogen and oxygen atoms in total. The minimum absolute atomic E-state index is 0.116. The molecule has 1 N–H and O–H groups in total. The molecule has 266 valence electrons. The number of hydrogen-bond donors (Lipinski definition) is 1. The molecule has 0 amide bonds. The summed E-state index contributed by atoms with van der Waals surface area (Å²) in [5.74, 6) is -0.115. The highest BCUT2D eigenvalue weighted by molar-refractivity contribution is 5.79. The molecule has 0 aliphatic rings. The Morgan fingerprint density at radius 1 is 1.06 bits per heavy atom. The van der Waals surface area contributed by atoms with Gasteiger partial charge in [-0.2, -0.15) is 5.26 Å². The fourth-order valence-corrected chi connectivity index (χ4v) is 5.72. The van der Waals surface area contributed by atoms with Crippen molar-refractivity contribution in [3.63, 3.8) is 0 Å². The first-order chi connectivity index (χ1) is 23.4. The van der Waals surface area contributed by atoms with Gasteiger partial charge < -0.3 is 10.1 Å². The van der Waals surface area contributed by atoms with Crippen LogP contribution in [-0.2, 0) is 4.74 Å². The van der Waals surface area contributed by atoms with Crippen molar-refractivity contribution in [3.05, 3.63) is 92.8 Å². The van der Waals surface area contributed by atoms with Crippen molar-refractivity contribution in [2.24, 2.45) is 16.8 Å². The molecule has 0 aliphatic heterocycles. The fraction of sp³-hybridized carbons (Fsp3) is 0.500. The first-order valence-electron chi connectivity index (χ1n) is 18.0. The normalized spacial score (nSPS) is 15.6. The summed E-state index contributed by atoms with van der Waals surface area (Å²) in [7, 11) is 0. The molecular weight excluding hydrogens is 614 g/mol. The number of allylic oxidation sites excluding steroid dienone is 4. The Morgan fingerprint density at radius 2 is 1.76 bits per heavy atom. The minimum Gasteiger partial charge on any atom is -0.481 e. The first-order valence-corrected chi connectivity index (χ1v) is 18.0. The second-order valence-electron chi connectivity index (χ2n) is 13.1. The van der Waals surface area contributed by atoms with E-state index < -0.39 is 17.7 Å². The second-order valence-corrected chi connectivity index (χ2v) is 13.1. The Morgan fingerprint density at radius 3 is 2.35 bits per heavy atom. The van der Waals surface area contributed by atoms with E-state index in [2.05, 4.69) is 59.2 Å². The summed E-state index contributed by atoms with van der Waals surface area (Å²) in [6.45, 7) is 27.3. The van der Waals surface area contributed by atoms with Gasteiger partial charge in [0, 0.05) is 40.4 Å². The predicted molar refractivity (Wildman–Crippen MR) is 203 cm³/mol. The van der Waals surface area contributed by atoms with Gasteiger partial charge in [-0.05, 0) is 86.3 Å². The molecule has 3 unspecified atom stereocenters. The van der Waals surface area contributed by atoms with Gasteiger partial charge in [0.05, 0.1) is 29.6 Å². The lowest BCUT2D eigenvalue weighted by Crippen LogP contribution is -2.34. The molecule has 1 aromatic carbocycles. The molecule has 0 radical (unpaired) electrons. The number of aromatic nitrogens is 1. The van der Waals surface area contributed by atoms with E-state index in [0.29, 0.717) is 57.5 Å². The van der Waals surface area contributed by atoms with E-state index in [-0.39, 0.29) is 17.8 Å². The van der Waals surface area contributed by atoms with Gasteiger partial charge in [-0.1, -0.05) is 87.0 Å². The van der Waals surface area contributed by atoms with E-state index in [1.807, 2.05) is 27.7 Å². The standard InChI is InChI=1S/C42H58F2N4O/c1-12-17-18-19-22-49-42(29(8)15-4)46-26-34(16-5)40(28(7)14-3)37(44)24-38-30(9)41(39(27(6)13-2)32(11)47-38)48-31(10)35-23-33(25-45)20-21-36(35)43/h16,20-21,23-24,26-29,31,48H,5,9,12-15,17-19,22H2,1-4,6-8,10-11H3/b34-26+,38-24+,40-37-,46-42+/t27?,28?,29?,31-/m1/s1. The summed E-state index contributed by atoms with van der Waals surface area (Å²) in [6.07, 6.45) is 11.6. The van der Waals surface area contributed by atoms with Gasteiger partial charge in [0.25, 0.3) is 0 Å². The van der Waals surface area contributed by atoms with Gasteiger partial charge in [0.15, 0.2) is 5.90 Å². The van der Waals surface area contributed by atoms with Crippen LogP contribution >= 0.6 is 0 Å². The molecule has 0 spiro atoms. The summed E-state index contributed by atoms with van der Waals surface area (Å²) in [5, 5.41) is 13.8. The van der Waals surface area contributed by atoms with Gasteiger partial charge in [-0.3, -0.25) is 4.98 Å². The van der Waals surface area contributed by atoms with Crippen LogP contribution in [0, 0.1) is 35.9 Å². The van der Waals surface area contributed by atoms with Crippen LogP contribution in [0.2, 0.25) is 0 Å². The first kappa shape index (κ1) is 41.1. The van der Waals surface area contributed by atoms with E-state index in [9.17, 15) is 9.65 Å². The van der Waals surface area contributed by atoms with Crippen molar-refractivity contribution in [3.8, 4) is 6.07 Å². The lowest BCUT2D eigenvalue weighted by Gasteiger charge is -2.23. The predicted octanol–water partition coefficient (Wildman–Crippen LogP) is 10.7. The third kappa shape index (κ3) is 11.2. The summed E-state index contributed by atoms with van der Waals surface area (Å²) >= 11 is 0. The van der Waals surface area contributed by atoms with Crippen LogP contribution in [-0.4, -0.2) is 17.5 Å². The molecule has 4 atom stereocenters. The van der Waals surface area contributed by atoms with Gasteiger partial charge >= 0.3 is 0 Å². The van der Waals surface area contributed by atoms with Crippen molar-refractivity contribution in [1.82, 2.24) is 4.98 Å². The van der Waals surface area contributed by atoms with Crippen LogP contribution in [0.15, 0.2) is 59.0 Å². The molecule has 1 aromatic heterocycles. The van der Waals surface area contributed by atoms with Gasteiger partial charge in [0.2, 0.25) is 0 Å². The van der Waals surface area contributed by atoms with E-state index in [0.717, 1.165) is 43.4 Å². The number of aryl methyl sites for hydroxylation is 1. The minimum atomic E-state index is -0.496. The van der Waals surface area contributed by atoms with Crippen LogP contribution in [0.25, 0.3) is 12.7 Å². The van der Waals surface area contributed by atoms with E-state index >= 15 is 4.39 Å². The lowest BCUT2D eigenvalue weighted by molar-refractivity contribution is 0.271. The zero-order valence-corrected chi connectivity index (χ0v) is 31.4. The quantitative estimate of drug-likeness (QED) is 0.0740. The van der Waals surface area contributed by atoms with Crippen LogP contribution in [0.1, 0.15) is 135 Å². The zero-order valence-electron chi connectivity index (χ0n) is 31.4. The number of nitrogens with one attached hydrogen (secondary N) is 1. The number of rotatable bonds is 18. The number of nitriles is 1. The van der Waals surface area contributed by atoms with Crippen molar-refractivity contribution in [1.29, 1.82) is 5.26 Å². The highest BCUT2D eigenvalue weighted by Gasteiger charge is 2.21. The highest BCUT2D eigenvalue weighted by Crippen LogP contribution is 2.31. The van der Waals surface area contributed by atoms with Crippen molar-refractivity contribution < 1.29 is 13.5 Å². The van der Waals surface area contributed by atoms with Gasteiger partial charge in [0.1, 0.15) is 11.6 Å². The van der Waals surface area contributed by atoms with E-state index in [1.165, 1.54) is 24.6 Å². The van der Waals surface area contributed by atoms with E-state index in [4.69, 9.17) is 14.7 Å². The smallest absolute Gasteiger partial charge is 0.190 e. The molecule has 0 bridgehead atoms. The maximum Gasteiger partial charge on any atom is 0.190 e. The average Bonchev–Trinajstić information content (AvgIpc) is 3.09. The number of halogens is 2. The molecule has 49 heavy (non-hydrogen) atoms. The highest BCUT2D eigenvalue weighted by atomic mass is 19.1. The maximum absolute atomic E-state index is 16.6. The Hall–Kier alpha value is -4.05. The Kier molecular flexibility index (Phi) is 17.2. The Bertz CT molecular complexity index is 1670. The van der Waals surface area contributed by atoms with Crippen LogP contribution in [0.3, 0.4) is 0 Å². The number of ether oxygens (including phenoxy) is 1. The number of aliphatic imine (C=N–C) groups is 1. The molecule has 7 heteroatoms. The van der Waals surface area contributed by atoms with Gasteiger partial charge in [-0.25, -0.2) is 13.8 Å². The number of benzene rings is 1. The second kappa shape index (κ2) is 20.5. The topological polar surface area (TPSA) is 70.3 Å². The average molecular weight is 673 g/mol. The molecule has 0 saturated carbocycles. The summed E-state index contributed by atoms with van der Waals surface area (Å²) < 4.78 is 37.7. The molecule has 0 fully saturated rings. The summed E-state index contributed by atoms with van der Waals surface area (Å²) in [4.78, 5) is 9.58. The molecular formula is C42H58F2N4O. The van der Waals surface area contributed by atoms with Crippen molar-refractivity contribution in [2.45, 2.75) is 119 Å². The lowest BCUT2D eigenvalue weighted by atomic mass is 9.90. The van der Waals surface area contributed by atoms with E-state index in [1.54, 1.807) is 18.3 Å². The van der Waals surface area contributed by atoms with Crippen molar-refractivity contribution in [2.75, 3.05) is 11.9 Å².